The smallest absolute Gasteiger partial charge is 0.341 e. The van der Waals surface area contributed by atoms with E-state index >= 15 is 0 Å². The summed E-state index contributed by atoms with van der Waals surface area (Å²) < 4.78 is 10.6. The van der Waals surface area contributed by atoms with E-state index in [9.17, 15) is 19.2 Å². The van der Waals surface area contributed by atoms with Gasteiger partial charge in [-0.05, 0) is 49.8 Å². The Kier molecular flexibility index (Phi) is 6.87. The number of nitrogens with zero attached hydrogens (tertiary/aromatic N) is 1. The van der Waals surface area contributed by atoms with Crippen LogP contribution in [0, 0.1) is 5.92 Å². The zero-order valence-corrected chi connectivity index (χ0v) is 19.5. The zero-order chi connectivity index (χ0) is 24.2. The molecular formula is C24H23N3O6S. The van der Waals surface area contributed by atoms with Crippen LogP contribution in [0.4, 0.5) is 5.00 Å². The van der Waals surface area contributed by atoms with Gasteiger partial charge in [0, 0.05) is 4.88 Å². The number of thiophene rings is 1. The number of hydrazone groups is 1. The molecule has 2 heterocycles. The van der Waals surface area contributed by atoms with E-state index in [1.807, 2.05) is 0 Å². The molecule has 1 aromatic carbocycles. The van der Waals surface area contributed by atoms with E-state index in [2.05, 4.69) is 22.8 Å². The highest BCUT2D eigenvalue weighted by Crippen LogP contribution is 2.40. The first-order valence-corrected chi connectivity index (χ1v) is 11.7. The second kappa shape index (κ2) is 10.0. The number of esters is 1. The number of nitrogens with one attached hydrogen (secondary N) is 2. The molecule has 0 radical (unpaired) electrons. The topological polar surface area (TPSA) is 127 Å². The van der Waals surface area contributed by atoms with Crippen molar-refractivity contribution >= 4 is 51.3 Å². The summed E-state index contributed by atoms with van der Waals surface area (Å²) in [7, 11) is 0. The number of ether oxygens (including phenoxy) is 1. The van der Waals surface area contributed by atoms with Crippen LogP contribution in [0.5, 0.6) is 0 Å². The molecule has 0 bridgehead atoms. The summed E-state index contributed by atoms with van der Waals surface area (Å²) in [6, 6.07) is 6.74. The van der Waals surface area contributed by atoms with Gasteiger partial charge in [0.25, 0.3) is 0 Å². The second-order valence-electron chi connectivity index (χ2n) is 7.95. The summed E-state index contributed by atoms with van der Waals surface area (Å²) in [4.78, 5) is 50.8. The number of para-hydroxylation sites is 1. The molecule has 0 unspecified atom stereocenters. The fraction of sp³-hybridized carbons (Fsp3) is 0.292. The zero-order valence-electron chi connectivity index (χ0n) is 18.7. The van der Waals surface area contributed by atoms with Gasteiger partial charge in [-0.15, -0.1) is 11.3 Å². The Morgan fingerprint density at radius 3 is 2.85 bits per heavy atom. The van der Waals surface area contributed by atoms with Crippen molar-refractivity contribution in [3.8, 4) is 0 Å². The van der Waals surface area contributed by atoms with Gasteiger partial charge in [0.2, 0.25) is 5.43 Å². The fourth-order valence-corrected chi connectivity index (χ4v) is 5.21. The van der Waals surface area contributed by atoms with E-state index in [1.54, 1.807) is 31.2 Å². The monoisotopic (exact) mass is 481 g/mol. The van der Waals surface area contributed by atoms with E-state index in [1.165, 1.54) is 17.6 Å². The highest BCUT2D eigenvalue weighted by atomic mass is 32.1. The van der Waals surface area contributed by atoms with E-state index in [-0.39, 0.29) is 22.6 Å². The van der Waals surface area contributed by atoms with Crippen LogP contribution in [0.1, 0.15) is 46.6 Å². The highest BCUT2D eigenvalue weighted by Gasteiger charge is 2.30. The van der Waals surface area contributed by atoms with Gasteiger partial charge in [0.1, 0.15) is 16.8 Å². The summed E-state index contributed by atoms with van der Waals surface area (Å²) >= 11 is 1.28. The van der Waals surface area contributed by atoms with Crippen molar-refractivity contribution in [2.75, 3.05) is 11.9 Å². The number of hydrogen-bond donors (Lipinski definition) is 2. The first-order chi connectivity index (χ1) is 16.4. The molecule has 0 aliphatic heterocycles. The minimum atomic E-state index is -1.05. The van der Waals surface area contributed by atoms with Crippen molar-refractivity contribution in [3.63, 3.8) is 0 Å². The third-order valence-corrected chi connectivity index (χ3v) is 6.67. The molecule has 1 aliphatic carbocycles. The van der Waals surface area contributed by atoms with Crippen LogP contribution in [0.3, 0.4) is 0 Å². The Labute approximate surface area is 198 Å². The normalized spacial score (nSPS) is 15.2. The second-order valence-corrected chi connectivity index (χ2v) is 9.05. The van der Waals surface area contributed by atoms with Crippen LogP contribution in [0.25, 0.3) is 11.0 Å². The average molecular weight is 482 g/mol. The van der Waals surface area contributed by atoms with E-state index in [0.717, 1.165) is 29.5 Å². The Bertz CT molecular complexity index is 1360. The quantitative estimate of drug-likeness (QED) is 0.249. The molecule has 2 amide bonds. The lowest BCUT2D eigenvalue weighted by Gasteiger charge is -2.18. The molecule has 176 valence electrons. The molecule has 0 saturated carbocycles. The molecule has 10 heteroatoms. The highest BCUT2D eigenvalue weighted by molar-refractivity contribution is 7.17. The summed E-state index contributed by atoms with van der Waals surface area (Å²) in [5.74, 6) is -2.09. The van der Waals surface area contributed by atoms with Gasteiger partial charge in [-0.1, -0.05) is 19.1 Å². The predicted octanol–water partition coefficient (Wildman–Crippen LogP) is 3.24. The molecule has 0 spiro atoms. The first kappa shape index (κ1) is 23.4. The average Bonchev–Trinajstić information content (AvgIpc) is 3.17. The lowest BCUT2D eigenvalue weighted by Crippen LogP contribution is -2.32. The number of rotatable bonds is 5. The van der Waals surface area contributed by atoms with Crippen LogP contribution in [-0.4, -0.2) is 30.6 Å². The van der Waals surface area contributed by atoms with Crippen LogP contribution >= 0.6 is 11.3 Å². The summed E-state index contributed by atoms with van der Waals surface area (Å²) in [5.41, 5.74) is 3.51. The number of fused-ring (bicyclic) bond motifs is 2. The number of carbonyl (C=O) groups is 3. The SMILES string of the molecule is CCOC(=O)c1c(NC(=O)C(=O)N/N=C\c2coc3ccccc3c2=O)sc2c1CC[C@@H](C)C2. The molecule has 2 aromatic heterocycles. The third-order valence-electron chi connectivity index (χ3n) is 5.50. The molecule has 34 heavy (non-hydrogen) atoms. The van der Waals surface area contributed by atoms with Crippen LogP contribution in [-0.2, 0) is 27.2 Å². The third kappa shape index (κ3) is 4.76. The van der Waals surface area contributed by atoms with Crippen molar-refractivity contribution in [2.45, 2.75) is 33.1 Å². The van der Waals surface area contributed by atoms with Crippen LogP contribution in [0.2, 0.25) is 0 Å². The maximum absolute atomic E-state index is 12.6. The molecule has 0 fully saturated rings. The lowest BCUT2D eigenvalue weighted by molar-refractivity contribution is -0.136. The molecule has 2 N–H and O–H groups in total. The Balaban J connectivity index is 1.48. The number of hydrogen-bond acceptors (Lipinski definition) is 8. The number of amides is 2. The Hall–Kier alpha value is -3.79. The van der Waals surface area contributed by atoms with Crippen molar-refractivity contribution < 1.29 is 23.5 Å². The Morgan fingerprint density at radius 1 is 1.26 bits per heavy atom. The molecule has 1 aliphatic rings. The molecule has 3 aromatic rings. The van der Waals surface area contributed by atoms with E-state index in [4.69, 9.17) is 9.15 Å². The number of carbonyl (C=O) groups excluding carboxylic acids is 3. The van der Waals surface area contributed by atoms with Gasteiger partial charge in [-0.25, -0.2) is 10.2 Å². The summed E-state index contributed by atoms with van der Waals surface area (Å²) in [6.45, 7) is 4.04. The maximum atomic E-state index is 12.6. The summed E-state index contributed by atoms with van der Waals surface area (Å²) in [5, 5.41) is 6.88. The fourth-order valence-electron chi connectivity index (χ4n) is 3.81. The van der Waals surface area contributed by atoms with E-state index in [0.29, 0.717) is 28.9 Å². The maximum Gasteiger partial charge on any atom is 0.341 e. The molecule has 9 nitrogen and oxygen atoms in total. The number of benzene rings is 1. The van der Waals surface area contributed by atoms with E-state index < -0.39 is 17.8 Å². The van der Waals surface area contributed by atoms with Crippen molar-refractivity contribution in [1.29, 1.82) is 0 Å². The minimum absolute atomic E-state index is 0.115. The van der Waals surface area contributed by atoms with Gasteiger partial charge < -0.3 is 14.5 Å². The molecule has 0 saturated heterocycles. The van der Waals surface area contributed by atoms with Crippen molar-refractivity contribution in [2.24, 2.45) is 11.0 Å². The van der Waals surface area contributed by atoms with Gasteiger partial charge in [0.15, 0.2) is 0 Å². The largest absolute Gasteiger partial charge is 0.463 e. The van der Waals surface area contributed by atoms with Crippen LogP contribution in [0.15, 0.2) is 44.8 Å². The first-order valence-electron chi connectivity index (χ1n) is 10.9. The minimum Gasteiger partial charge on any atom is -0.463 e. The van der Waals surface area contributed by atoms with Gasteiger partial charge in [-0.3, -0.25) is 14.4 Å². The predicted molar refractivity (Wildman–Crippen MR) is 128 cm³/mol. The molecule has 1 atom stereocenters. The molecule has 4 rings (SSSR count). The number of anilines is 1. The van der Waals surface area contributed by atoms with Gasteiger partial charge in [-0.2, -0.15) is 5.10 Å². The Morgan fingerprint density at radius 2 is 2.06 bits per heavy atom. The van der Waals surface area contributed by atoms with Crippen LogP contribution < -0.4 is 16.2 Å². The molecular weight excluding hydrogens is 458 g/mol. The van der Waals surface area contributed by atoms with Crippen molar-refractivity contribution in [1.82, 2.24) is 5.43 Å². The summed E-state index contributed by atoms with van der Waals surface area (Å²) in [6.07, 6.45) is 4.78. The standard InChI is InChI=1S/C24H23N3O6S/c1-3-32-24(31)19-16-9-8-13(2)10-18(16)34-23(19)26-21(29)22(30)27-25-11-14-12-33-17-7-5-4-6-15(17)20(14)28/h4-7,11-13H,3,8-10H2,1-2H3,(H,26,29)(H,27,30)/b25-11-/t13-/m1/s1. The van der Waals surface area contributed by atoms with Crippen molar-refractivity contribution in [3.05, 3.63) is 62.3 Å². The lowest BCUT2D eigenvalue weighted by atomic mass is 9.88. The van der Waals surface area contributed by atoms with Gasteiger partial charge >= 0.3 is 17.8 Å². The van der Waals surface area contributed by atoms with Gasteiger partial charge in [0.05, 0.1) is 29.3 Å².